The van der Waals surface area contributed by atoms with Gasteiger partial charge in [-0.1, -0.05) is 11.3 Å². The lowest BCUT2D eigenvalue weighted by Gasteiger charge is -1.76. The minimum atomic E-state index is -0.452. The summed E-state index contributed by atoms with van der Waals surface area (Å²) in [6.45, 7) is 0.127. The van der Waals surface area contributed by atoms with E-state index in [4.69, 9.17) is 5.73 Å². The van der Waals surface area contributed by atoms with Crippen molar-refractivity contribution in [2.75, 3.05) is 0 Å². The molecule has 0 saturated heterocycles. The standard InChI is InChI=1S/C4H4FN2S/c5-4-7-2-3(1-6)8-4/h2,6H,1H2. The summed E-state index contributed by atoms with van der Waals surface area (Å²) in [4.78, 5) is 3.99. The number of aromatic nitrogens is 1. The predicted molar refractivity (Wildman–Crippen MR) is 28.9 cm³/mol. The molecule has 4 heteroatoms. The molecule has 1 aromatic rings. The molecule has 0 aliphatic rings. The Bertz CT molecular complexity index is 174. The number of halogens is 1. The molecule has 0 spiro atoms. The monoisotopic (exact) mass is 131 g/mol. The van der Waals surface area contributed by atoms with Gasteiger partial charge in [-0.2, -0.15) is 4.39 Å². The van der Waals surface area contributed by atoms with Crippen molar-refractivity contribution in [2.24, 2.45) is 0 Å². The number of nitrogens with zero attached hydrogens (tertiary/aromatic N) is 1. The molecule has 43 valence electrons. The lowest BCUT2D eigenvalue weighted by molar-refractivity contribution is 0.617. The molecule has 0 fully saturated rings. The van der Waals surface area contributed by atoms with Crippen LogP contribution in [0.1, 0.15) is 4.88 Å². The maximum atomic E-state index is 11.9. The van der Waals surface area contributed by atoms with Crippen molar-refractivity contribution in [3.05, 3.63) is 16.3 Å². The summed E-state index contributed by atoms with van der Waals surface area (Å²) in [6.07, 6.45) is 1.38. The predicted octanol–water partition coefficient (Wildman–Crippen LogP) is 1.07. The Kier molecular flexibility index (Phi) is 1.55. The van der Waals surface area contributed by atoms with Crippen LogP contribution in [0.15, 0.2) is 6.20 Å². The molecule has 0 bridgehead atoms. The third-order valence-corrected chi connectivity index (χ3v) is 1.49. The SMILES string of the molecule is [NH]Cc1cnc(F)s1. The van der Waals surface area contributed by atoms with E-state index in [1.807, 2.05) is 0 Å². The molecule has 2 nitrogen and oxygen atoms in total. The highest BCUT2D eigenvalue weighted by atomic mass is 32.1. The van der Waals surface area contributed by atoms with Gasteiger partial charge in [0.25, 0.3) is 5.26 Å². The van der Waals surface area contributed by atoms with Crippen LogP contribution in [0, 0.1) is 5.26 Å². The van der Waals surface area contributed by atoms with Crippen molar-refractivity contribution >= 4 is 11.3 Å². The van der Waals surface area contributed by atoms with Crippen LogP contribution in [0.25, 0.3) is 0 Å². The lowest BCUT2D eigenvalue weighted by atomic mass is 10.6. The first-order valence-electron chi connectivity index (χ1n) is 2.07. The van der Waals surface area contributed by atoms with E-state index in [1.54, 1.807) is 0 Å². The van der Waals surface area contributed by atoms with Gasteiger partial charge in [0.05, 0.1) is 0 Å². The molecule has 1 N–H and O–H groups in total. The number of rotatable bonds is 1. The molecule has 0 atom stereocenters. The van der Waals surface area contributed by atoms with Crippen molar-refractivity contribution in [1.82, 2.24) is 10.7 Å². The summed E-state index contributed by atoms with van der Waals surface area (Å²) in [5.74, 6) is 0. The van der Waals surface area contributed by atoms with E-state index in [1.165, 1.54) is 6.20 Å². The van der Waals surface area contributed by atoms with Gasteiger partial charge >= 0.3 is 0 Å². The van der Waals surface area contributed by atoms with E-state index >= 15 is 0 Å². The highest BCUT2D eigenvalue weighted by molar-refractivity contribution is 7.09. The van der Waals surface area contributed by atoms with E-state index in [0.717, 1.165) is 11.3 Å². The number of nitrogens with one attached hydrogen (secondary N) is 1. The van der Waals surface area contributed by atoms with Gasteiger partial charge in [-0.15, -0.1) is 0 Å². The summed E-state index contributed by atoms with van der Waals surface area (Å²) in [7, 11) is 0. The average Bonchev–Trinajstić information content (AvgIpc) is 2.14. The van der Waals surface area contributed by atoms with Crippen LogP contribution < -0.4 is 5.73 Å². The summed E-state index contributed by atoms with van der Waals surface area (Å²) < 4.78 is 11.9. The topological polar surface area (TPSA) is 36.7 Å². The maximum absolute atomic E-state index is 11.9. The average molecular weight is 131 g/mol. The van der Waals surface area contributed by atoms with Crippen LogP contribution >= 0.6 is 11.3 Å². The molecular weight excluding hydrogens is 127 g/mol. The van der Waals surface area contributed by atoms with Crippen LogP contribution in [0.5, 0.6) is 0 Å². The summed E-state index contributed by atoms with van der Waals surface area (Å²) >= 11 is 0.922. The van der Waals surface area contributed by atoms with Crippen molar-refractivity contribution in [3.8, 4) is 0 Å². The highest BCUT2D eigenvalue weighted by Gasteiger charge is 1.95. The lowest BCUT2D eigenvalue weighted by Crippen LogP contribution is -1.74. The maximum Gasteiger partial charge on any atom is 0.269 e. The van der Waals surface area contributed by atoms with Crippen molar-refractivity contribution in [3.63, 3.8) is 0 Å². The van der Waals surface area contributed by atoms with Gasteiger partial charge in [0.2, 0.25) is 0 Å². The fourth-order valence-electron chi connectivity index (χ4n) is 0.365. The second kappa shape index (κ2) is 2.19. The zero-order valence-electron chi connectivity index (χ0n) is 4.02. The van der Waals surface area contributed by atoms with Crippen LogP contribution in [-0.4, -0.2) is 4.98 Å². The molecule has 0 aromatic carbocycles. The van der Waals surface area contributed by atoms with E-state index in [9.17, 15) is 4.39 Å². The van der Waals surface area contributed by atoms with E-state index < -0.39 is 5.26 Å². The first kappa shape index (κ1) is 5.65. The summed E-state index contributed by atoms with van der Waals surface area (Å²) in [5, 5.41) is -0.452. The fourth-order valence-corrected chi connectivity index (χ4v) is 0.865. The zero-order chi connectivity index (χ0) is 5.98. The largest absolute Gasteiger partial charge is 0.269 e. The normalized spacial score (nSPS) is 9.75. The van der Waals surface area contributed by atoms with Gasteiger partial charge in [0.15, 0.2) is 0 Å². The van der Waals surface area contributed by atoms with Gasteiger partial charge in [-0.3, -0.25) is 5.73 Å². The van der Waals surface area contributed by atoms with Gasteiger partial charge in [0.1, 0.15) is 0 Å². The highest BCUT2D eigenvalue weighted by Crippen LogP contribution is 2.08. The second-order valence-electron chi connectivity index (χ2n) is 1.26. The number of thiazole rings is 1. The summed E-state index contributed by atoms with van der Waals surface area (Å²) in [6, 6.07) is 0. The van der Waals surface area contributed by atoms with Gasteiger partial charge in [-0.25, -0.2) is 4.98 Å². The Labute approximate surface area is 50.2 Å². The van der Waals surface area contributed by atoms with E-state index in [-0.39, 0.29) is 6.54 Å². The molecule has 1 rings (SSSR count). The Hall–Kier alpha value is -0.480. The molecule has 0 unspecified atom stereocenters. The smallest absolute Gasteiger partial charge is 0.252 e. The minimum absolute atomic E-state index is 0.127. The van der Waals surface area contributed by atoms with Crippen LogP contribution in [0.2, 0.25) is 0 Å². The second-order valence-corrected chi connectivity index (χ2v) is 2.32. The first-order chi connectivity index (χ1) is 3.83. The quantitative estimate of drug-likeness (QED) is 0.561. The fraction of sp³-hybridized carbons (Fsp3) is 0.250. The zero-order valence-corrected chi connectivity index (χ0v) is 4.83. The molecule has 0 saturated carbocycles. The molecule has 1 aromatic heterocycles. The number of hydrogen-bond donors (Lipinski definition) is 0. The molecule has 8 heavy (non-hydrogen) atoms. The van der Waals surface area contributed by atoms with Crippen molar-refractivity contribution in [2.45, 2.75) is 6.54 Å². The first-order valence-corrected chi connectivity index (χ1v) is 2.89. The van der Waals surface area contributed by atoms with Crippen LogP contribution in [0.3, 0.4) is 0 Å². The number of hydrogen-bond acceptors (Lipinski definition) is 2. The molecule has 0 aliphatic heterocycles. The molecular formula is C4H4FN2S. The molecule has 1 heterocycles. The van der Waals surface area contributed by atoms with Crippen molar-refractivity contribution < 1.29 is 4.39 Å². The Morgan fingerprint density at radius 2 is 2.62 bits per heavy atom. The van der Waals surface area contributed by atoms with Crippen LogP contribution in [0.4, 0.5) is 4.39 Å². The Morgan fingerprint density at radius 3 is 2.88 bits per heavy atom. The van der Waals surface area contributed by atoms with E-state index in [0.29, 0.717) is 4.88 Å². The van der Waals surface area contributed by atoms with E-state index in [2.05, 4.69) is 4.98 Å². The third kappa shape index (κ3) is 1.02. The Balaban J connectivity index is 2.84. The van der Waals surface area contributed by atoms with Crippen LogP contribution in [-0.2, 0) is 6.54 Å². The molecule has 0 amide bonds. The van der Waals surface area contributed by atoms with Crippen molar-refractivity contribution in [1.29, 1.82) is 0 Å². The molecule has 1 radical (unpaired) electrons. The summed E-state index contributed by atoms with van der Waals surface area (Å²) in [5.41, 5.74) is 6.76. The minimum Gasteiger partial charge on any atom is -0.252 e. The van der Waals surface area contributed by atoms with Gasteiger partial charge < -0.3 is 0 Å². The van der Waals surface area contributed by atoms with Gasteiger partial charge in [-0.05, 0) is 0 Å². The Morgan fingerprint density at radius 1 is 1.88 bits per heavy atom. The third-order valence-electron chi connectivity index (χ3n) is 0.700. The van der Waals surface area contributed by atoms with Gasteiger partial charge in [0, 0.05) is 17.6 Å². The molecule has 0 aliphatic carbocycles.